The Balaban J connectivity index is 1.49. The standard InChI is InChI=1S/C26H25ClN4O4/c1-17-4-2-3-5-22(17)24(30-26(34)29-20-8-6-18(27)7-9-20)25(33)28-19-10-12-21(13-11-19)31-14-15-35-16-23(31)32/h2-13,24H,14-16H2,1H3,(H,28,33)(H2,29,30,34)/t24-/m1/s1. The molecule has 0 spiro atoms. The first-order valence-corrected chi connectivity index (χ1v) is 11.5. The average molecular weight is 493 g/mol. The number of hydrogen-bond acceptors (Lipinski definition) is 4. The van der Waals surface area contributed by atoms with Crippen molar-refractivity contribution in [3.63, 3.8) is 0 Å². The van der Waals surface area contributed by atoms with Crippen molar-refractivity contribution in [2.45, 2.75) is 13.0 Å². The van der Waals surface area contributed by atoms with Crippen molar-refractivity contribution in [2.24, 2.45) is 0 Å². The maximum atomic E-state index is 13.3. The average Bonchev–Trinajstić information content (AvgIpc) is 2.85. The minimum atomic E-state index is -0.941. The molecule has 4 amide bonds. The highest BCUT2D eigenvalue weighted by molar-refractivity contribution is 6.30. The summed E-state index contributed by atoms with van der Waals surface area (Å²) in [6.07, 6.45) is 0. The molecule has 1 saturated heterocycles. The summed E-state index contributed by atoms with van der Waals surface area (Å²) in [7, 11) is 0. The van der Waals surface area contributed by atoms with Crippen molar-refractivity contribution in [1.29, 1.82) is 0 Å². The summed E-state index contributed by atoms with van der Waals surface area (Å²) in [6, 6.07) is 19.5. The number of hydrogen-bond donors (Lipinski definition) is 3. The van der Waals surface area contributed by atoms with Crippen LogP contribution in [0.2, 0.25) is 5.02 Å². The molecule has 1 fully saturated rings. The number of urea groups is 1. The van der Waals surface area contributed by atoms with Crippen LogP contribution in [0.5, 0.6) is 0 Å². The topological polar surface area (TPSA) is 99.8 Å². The molecule has 3 aromatic carbocycles. The third-order valence-corrected chi connectivity index (χ3v) is 5.82. The van der Waals surface area contributed by atoms with Crippen molar-refractivity contribution in [2.75, 3.05) is 35.3 Å². The van der Waals surface area contributed by atoms with Gasteiger partial charge in [0.2, 0.25) is 0 Å². The number of halogens is 1. The van der Waals surface area contributed by atoms with E-state index < -0.39 is 18.0 Å². The first-order chi connectivity index (χ1) is 16.9. The fourth-order valence-electron chi connectivity index (χ4n) is 3.76. The van der Waals surface area contributed by atoms with Crippen LogP contribution >= 0.6 is 11.6 Å². The van der Waals surface area contributed by atoms with E-state index >= 15 is 0 Å². The van der Waals surface area contributed by atoms with Crippen LogP contribution in [0.4, 0.5) is 21.9 Å². The van der Waals surface area contributed by atoms with E-state index in [0.717, 1.165) is 11.3 Å². The molecule has 0 saturated carbocycles. The van der Waals surface area contributed by atoms with E-state index in [1.54, 1.807) is 59.5 Å². The van der Waals surface area contributed by atoms with Crippen LogP contribution < -0.4 is 20.9 Å². The number of carbonyl (C=O) groups excluding carboxylic acids is 3. The molecule has 3 aromatic rings. The molecule has 3 N–H and O–H groups in total. The Morgan fingerprint density at radius 3 is 2.29 bits per heavy atom. The second kappa shape index (κ2) is 11.0. The maximum absolute atomic E-state index is 13.3. The summed E-state index contributed by atoms with van der Waals surface area (Å²) in [4.78, 5) is 39.7. The van der Waals surface area contributed by atoms with E-state index in [4.69, 9.17) is 16.3 Å². The number of morpholine rings is 1. The van der Waals surface area contributed by atoms with E-state index in [2.05, 4.69) is 16.0 Å². The van der Waals surface area contributed by atoms with Gasteiger partial charge in [0.05, 0.1) is 6.61 Å². The van der Waals surface area contributed by atoms with E-state index in [1.807, 2.05) is 25.1 Å². The summed E-state index contributed by atoms with van der Waals surface area (Å²) in [5, 5.41) is 8.90. The van der Waals surface area contributed by atoms with Gasteiger partial charge in [-0.1, -0.05) is 35.9 Å². The van der Waals surface area contributed by atoms with Crippen LogP contribution in [-0.4, -0.2) is 37.6 Å². The number of anilines is 3. The van der Waals surface area contributed by atoms with Crippen LogP contribution in [0, 0.1) is 6.92 Å². The molecule has 35 heavy (non-hydrogen) atoms. The van der Waals surface area contributed by atoms with Crippen molar-refractivity contribution in [1.82, 2.24) is 5.32 Å². The zero-order chi connectivity index (χ0) is 24.8. The van der Waals surface area contributed by atoms with Gasteiger partial charge in [-0.2, -0.15) is 0 Å². The lowest BCUT2D eigenvalue weighted by molar-refractivity contribution is -0.125. The normalized spacial score (nSPS) is 14.2. The fraction of sp³-hybridized carbons (Fsp3) is 0.192. The molecule has 0 unspecified atom stereocenters. The van der Waals surface area contributed by atoms with Gasteiger partial charge in [0.25, 0.3) is 11.8 Å². The highest BCUT2D eigenvalue weighted by atomic mass is 35.5. The lowest BCUT2D eigenvalue weighted by Gasteiger charge is -2.27. The highest BCUT2D eigenvalue weighted by Gasteiger charge is 2.25. The fourth-order valence-corrected chi connectivity index (χ4v) is 3.88. The van der Waals surface area contributed by atoms with Crippen LogP contribution in [0.15, 0.2) is 72.8 Å². The number of ether oxygens (including phenoxy) is 1. The van der Waals surface area contributed by atoms with Crippen molar-refractivity contribution in [3.05, 3.63) is 88.9 Å². The molecule has 0 aromatic heterocycles. The van der Waals surface area contributed by atoms with Crippen LogP contribution in [0.3, 0.4) is 0 Å². The predicted molar refractivity (Wildman–Crippen MR) is 136 cm³/mol. The van der Waals surface area contributed by atoms with Gasteiger partial charge >= 0.3 is 6.03 Å². The minimum absolute atomic E-state index is 0.0559. The number of amides is 4. The number of nitrogens with one attached hydrogen (secondary N) is 3. The van der Waals surface area contributed by atoms with E-state index in [1.165, 1.54) is 0 Å². The van der Waals surface area contributed by atoms with Gasteiger partial charge in [-0.15, -0.1) is 0 Å². The molecular formula is C26H25ClN4O4. The van der Waals surface area contributed by atoms with Gasteiger partial charge in [0, 0.05) is 28.6 Å². The lowest BCUT2D eigenvalue weighted by atomic mass is 10.0. The number of aryl methyl sites for hydroxylation is 1. The summed E-state index contributed by atoms with van der Waals surface area (Å²) in [5.74, 6) is -0.510. The third kappa shape index (κ3) is 6.17. The van der Waals surface area contributed by atoms with E-state index in [9.17, 15) is 14.4 Å². The first kappa shape index (κ1) is 24.3. The van der Waals surface area contributed by atoms with E-state index in [-0.39, 0.29) is 12.5 Å². The van der Waals surface area contributed by atoms with Gasteiger partial charge in [-0.05, 0) is 66.6 Å². The van der Waals surface area contributed by atoms with Crippen molar-refractivity contribution >= 4 is 46.5 Å². The third-order valence-electron chi connectivity index (χ3n) is 5.57. The number of benzene rings is 3. The van der Waals surface area contributed by atoms with Crippen molar-refractivity contribution < 1.29 is 19.1 Å². The Morgan fingerprint density at radius 2 is 1.60 bits per heavy atom. The first-order valence-electron chi connectivity index (χ1n) is 11.1. The number of carbonyl (C=O) groups is 3. The monoisotopic (exact) mass is 492 g/mol. The lowest BCUT2D eigenvalue weighted by Crippen LogP contribution is -2.41. The van der Waals surface area contributed by atoms with Gasteiger partial charge in [-0.25, -0.2) is 4.79 Å². The molecule has 180 valence electrons. The largest absolute Gasteiger partial charge is 0.370 e. The molecule has 8 nitrogen and oxygen atoms in total. The minimum Gasteiger partial charge on any atom is -0.370 e. The maximum Gasteiger partial charge on any atom is 0.320 e. The highest BCUT2D eigenvalue weighted by Crippen LogP contribution is 2.23. The Morgan fingerprint density at radius 1 is 0.943 bits per heavy atom. The Kier molecular flexibility index (Phi) is 7.64. The molecule has 0 radical (unpaired) electrons. The zero-order valence-corrected chi connectivity index (χ0v) is 19.8. The predicted octanol–water partition coefficient (Wildman–Crippen LogP) is 4.51. The van der Waals surface area contributed by atoms with Gasteiger partial charge in [0.1, 0.15) is 12.6 Å². The number of rotatable bonds is 6. The molecule has 9 heteroatoms. The Labute approximate surface area is 208 Å². The summed E-state index contributed by atoms with van der Waals surface area (Å²) < 4.78 is 5.17. The zero-order valence-electron chi connectivity index (χ0n) is 19.1. The second-order valence-corrected chi connectivity index (χ2v) is 8.47. The molecule has 4 rings (SSSR count). The molecule has 1 aliphatic rings. The summed E-state index contributed by atoms with van der Waals surface area (Å²) in [5.41, 5.74) is 3.35. The molecule has 1 aliphatic heterocycles. The molecular weight excluding hydrogens is 468 g/mol. The quantitative estimate of drug-likeness (QED) is 0.471. The molecule has 0 aliphatic carbocycles. The van der Waals surface area contributed by atoms with Crippen LogP contribution in [-0.2, 0) is 14.3 Å². The molecule has 0 bridgehead atoms. The summed E-state index contributed by atoms with van der Waals surface area (Å²) >= 11 is 5.90. The SMILES string of the molecule is Cc1ccccc1[C@@H](NC(=O)Nc1ccc(Cl)cc1)C(=O)Nc1ccc(N2CCOCC2=O)cc1. The van der Waals surface area contributed by atoms with Gasteiger partial charge in [0.15, 0.2) is 0 Å². The summed E-state index contributed by atoms with van der Waals surface area (Å²) in [6.45, 7) is 2.89. The Hall–Kier alpha value is -3.88. The molecule has 1 heterocycles. The molecule has 1 atom stereocenters. The van der Waals surface area contributed by atoms with Crippen molar-refractivity contribution in [3.8, 4) is 0 Å². The van der Waals surface area contributed by atoms with Gasteiger partial charge in [-0.3, -0.25) is 9.59 Å². The van der Waals surface area contributed by atoms with Crippen LogP contribution in [0.1, 0.15) is 17.2 Å². The van der Waals surface area contributed by atoms with Crippen LogP contribution in [0.25, 0.3) is 0 Å². The Bertz CT molecular complexity index is 1210. The smallest absolute Gasteiger partial charge is 0.320 e. The number of nitrogens with zero attached hydrogens (tertiary/aromatic N) is 1. The van der Waals surface area contributed by atoms with Gasteiger partial charge < -0.3 is 25.6 Å². The second-order valence-electron chi connectivity index (χ2n) is 8.03. The van der Waals surface area contributed by atoms with E-state index in [0.29, 0.717) is 35.1 Å².